The van der Waals surface area contributed by atoms with E-state index in [9.17, 15) is 4.79 Å². The minimum absolute atomic E-state index is 0.0232. The molecule has 1 amide bonds. The maximum atomic E-state index is 11.5. The van der Waals surface area contributed by atoms with Crippen LogP contribution in [0, 0.1) is 5.92 Å². The lowest BCUT2D eigenvalue weighted by Gasteiger charge is -2.38. The Bertz CT molecular complexity index is 215. The molecule has 0 bridgehead atoms. The van der Waals surface area contributed by atoms with Crippen LogP contribution in [0.15, 0.2) is 12.7 Å². The van der Waals surface area contributed by atoms with Crippen molar-refractivity contribution in [3.8, 4) is 0 Å². The van der Waals surface area contributed by atoms with E-state index in [2.05, 4.69) is 13.5 Å². The van der Waals surface area contributed by atoms with Gasteiger partial charge in [-0.3, -0.25) is 4.79 Å². The molecule has 2 atom stereocenters. The largest absolute Gasteiger partial charge is 0.335 e. The van der Waals surface area contributed by atoms with Crippen molar-refractivity contribution < 1.29 is 4.79 Å². The van der Waals surface area contributed by atoms with Gasteiger partial charge in [0.25, 0.3) is 0 Å². The number of likely N-dealkylation sites (tertiary alicyclic amines) is 1. The Labute approximate surface area is 86.0 Å². The molecule has 1 aliphatic rings. The molecule has 1 rings (SSSR count). The lowest BCUT2D eigenvalue weighted by molar-refractivity contribution is -0.130. The van der Waals surface area contributed by atoms with Gasteiger partial charge in [-0.15, -0.1) is 0 Å². The standard InChI is InChI=1S/C11H20N2O/c1-3-9-5-6-13(11(14)4-2)10(7-9)8-12/h4,9-10H,2-3,5-8,12H2,1H3. The normalized spacial score (nSPS) is 27.4. The highest BCUT2D eigenvalue weighted by molar-refractivity contribution is 5.87. The first-order valence-corrected chi connectivity index (χ1v) is 5.36. The van der Waals surface area contributed by atoms with Crippen molar-refractivity contribution in [2.24, 2.45) is 11.7 Å². The average Bonchev–Trinajstić information content (AvgIpc) is 2.27. The molecule has 1 heterocycles. The molecule has 0 aromatic heterocycles. The van der Waals surface area contributed by atoms with Gasteiger partial charge in [0.15, 0.2) is 0 Å². The topological polar surface area (TPSA) is 46.3 Å². The number of rotatable bonds is 3. The number of nitrogens with zero attached hydrogens (tertiary/aromatic N) is 1. The van der Waals surface area contributed by atoms with Gasteiger partial charge in [0.2, 0.25) is 5.91 Å². The number of carbonyl (C=O) groups excluding carboxylic acids is 1. The highest BCUT2D eigenvalue weighted by atomic mass is 16.2. The highest BCUT2D eigenvalue weighted by Gasteiger charge is 2.28. The smallest absolute Gasteiger partial charge is 0.246 e. The van der Waals surface area contributed by atoms with Crippen LogP contribution in [0.2, 0.25) is 0 Å². The van der Waals surface area contributed by atoms with Crippen LogP contribution in [0.3, 0.4) is 0 Å². The molecule has 0 radical (unpaired) electrons. The van der Waals surface area contributed by atoms with Crippen LogP contribution in [0.4, 0.5) is 0 Å². The predicted octanol–water partition coefficient (Wildman–Crippen LogP) is 1.15. The zero-order valence-corrected chi connectivity index (χ0v) is 8.91. The molecule has 1 fully saturated rings. The summed E-state index contributed by atoms with van der Waals surface area (Å²) in [5.74, 6) is 0.757. The van der Waals surface area contributed by atoms with E-state index in [0.717, 1.165) is 25.3 Å². The van der Waals surface area contributed by atoms with Gasteiger partial charge in [-0.2, -0.15) is 0 Å². The lowest BCUT2D eigenvalue weighted by atomic mass is 9.89. The molecule has 3 nitrogen and oxygen atoms in total. The Kier molecular flexibility index (Phi) is 4.14. The number of carbonyl (C=O) groups is 1. The summed E-state index contributed by atoms with van der Waals surface area (Å²) in [5, 5.41) is 0. The third-order valence-corrected chi connectivity index (χ3v) is 3.13. The zero-order valence-electron chi connectivity index (χ0n) is 8.91. The summed E-state index contributed by atoms with van der Waals surface area (Å²) < 4.78 is 0. The average molecular weight is 196 g/mol. The van der Waals surface area contributed by atoms with Crippen molar-refractivity contribution in [2.75, 3.05) is 13.1 Å². The summed E-state index contributed by atoms with van der Waals surface area (Å²) >= 11 is 0. The second kappa shape index (κ2) is 5.15. The van der Waals surface area contributed by atoms with E-state index in [1.54, 1.807) is 0 Å². The quantitative estimate of drug-likeness (QED) is 0.688. The van der Waals surface area contributed by atoms with E-state index in [1.165, 1.54) is 12.5 Å². The Morgan fingerprint density at radius 2 is 2.43 bits per heavy atom. The molecule has 14 heavy (non-hydrogen) atoms. The van der Waals surface area contributed by atoms with Crippen LogP contribution >= 0.6 is 0 Å². The second-order valence-electron chi connectivity index (χ2n) is 3.92. The molecule has 1 saturated heterocycles. The molecule has 0 aromatic rings. The van der Waals surface area contributed by atoms with Gasteiger partial charge in [-0.05, 0) is 24.8 Å². The van der Waals surface area contributed by atoms with Crippen LogP contribution in [0.25, 0.3) is 0 Å². The predicted molar refractivity (Wildman–Crippen MR) is 57.8 cm³/mol. The monoisotopic (exact) mass is 196 g/mol. The Hall–Kier alpha value is -0.830. The molecular formula is C11H20N2O. The molecule has 2 N–H and O–H groups in total. The van der Waals surface area contributed by atoms with E-state index < -0.39 is 0 Å². The first kappa shape index (κ1) is 11.2. The van der Waals surface area contributed by atoms with E-state index in [1.807, 2.05) is 4.90 Å². The molecule has 0 aliphatic carbocycles. The number of amides is 1. The van der Waals surface area contributed by atoms with Crippen LogP contribution in [-0.4, -0.2) is 29.9 Å². The molecule has 80 valence electrons. The third-order valence-electron chi connectivity index (χ3n) is 3.13. The highest BCUT2D eigenvalue weighted by Crippen LogP contribution is 2.24. The van der Waals surface area contributed by atoms with Crippen molar-refractivity contribution in [1.29, 1.82) is 0 Å². The van der Waals surface area contributed by atoms with Crippen molar-refractivity contribution in [3.05, 3.63) is 12.7 Å². The maximum Gasteiger partial charge on any atom is 0.246 e. The third kappa shape index (κ3) is 2.35. The summed E-state index contributed by atoms with van der Waals surface area (Å²) in [7, 11) is 0. The Morgan fingerprint density at radius 3 is 2.93 bits per heavy atom. The van der Waals surface area contributed by atoms with Gasteiger partial charge in [0.05, 0.1) is 0 Å². The second-order valence-corrected chi connectivity index (χ2v) is 3.92. The lowest BCUT2D eigenvalue weighted by Crippen LogP contribution is -2.48. The number of piperidine rings is 1. The molecule has 0 saturated carbocycles. The fraction of sp³-hybridized carbons (Fsp3) is 0.727. The summed E-state index contributed by atoms with van der Waals surface area (Å²) in [6.07, 6.45) is 4.72. The fourth-order valence-electron chi connectivity index (χ4n) is 2.14. The van der Waals surface area contributed by atoms with Gasteiger partial charge >= 0.3 is 0 Å². The molecule has 0 aromatic carbocycles. The first-order chi connectivity index (χ1) is 6.72. The summed E-state index contributed by atoms with van der Waals surface area (Å²) in [6.45, 7) is 7.11. The SMILES string of the molecule is C=CC(=O)N1CCC(CC)CC1CN. The van der Waals surface area contributed by atoms with Crippen LogP contribution < -0.4 is 5.73 Å². The number of hydrogen-bond acceptors (Lipinski definition) is 2. The van der Waals surface area contributed by atoms with E-state index in [4.69, 9.17) is 5.73 Å². The summed E-state index contributed by atoms with van der Waals surface area (Å²) in [4.78, 5) is 13.3. The van der Waals surface area contributed by atoms with Crippen molar-refractivity contribution in [2.45, 2.75) is 32.2 Å². The first-order valence-electron chi connectivity index (χ1n) is 5.36. The van der Waals surface area contributed by atoms with E-state index >= 15 is 0 Å². The van der Waals surface area contributed by atoms with Crippen molar-refractivity contribution in [3.63, 3.8) is 0 Å². The van der Waals surface area contributed by atoms with Gasteiger partial charge in [0.1, 0.15) is 0 Å². The van der Waals surface area contributed by atoms with Crippen LogP contribution in [-0.2, 0) is 4.79 Å². The van der Waals surface area contributed by atoms with Gasteiger partial charge < -0.3 is 10.6 Å². The minimum atomic E-state index is 0.0232. The van der Waals surface area contributed by atoms with Crippen LogP contribution in [0.5, 0.6) is 0 Å². The Balaban J connectivity index is 2.60. The van der Waals surface area contributed by atoms with Crippen molar-refractivity contribution in [1.82, 2.24) is 4.90 Å². The van der Waals surface area contributed by atoms with Gasteiger partial charge in [-0.25, -0.2) is 0 Å². The number of hydrogen-bond donors (Lipinski definition) is 1. The molecule has 1 aliphatic heterocycles. The number of nitrogens with two attached hydrogens (primary N) is 1. The maximum absolute atomic E-state index is 11.5. The van der Waals surface area contributed by atoms with Gasteiger partial charge in [0, 0.05) is 19.1 Å². The minimum Gasteiger partial charge on any atom is -0.335 e. The zero-order chi connectivity index (χ0) is 10.6. The van der Waals surface area contributed by atoms with E-state index in [-0.39, 0.29) is 11.9 Å². The molecule has 2 unspecified atom stereocenters. The van der Waals surface area contributed by atoms with Gasteiger partial charge in [-0.1, -0.05) is 19.9 Å². The Morgan fingerprint density at radius 1 is 1.71 bits per heavy atom. The molecule has 3 heteroatoms. The summed E-state index contributed by atoms with van der Waals surface area (Å²) in [5.41, 5.74) is 5.67. The van der Waals surface area contributed by atoms with E-state index in [0.29, 0.717) is 6.54 Å². The molecule has 0 spiro atoms. The molecular weight excluding hydrogens is 176 g/mol. The fourth-order valence-corrected chi connectivity index (χ4v) is 2.14. The van der Waals surface area contributed by atoms with Crippen molar-refractivity contribution >= 4 is 5.91 Å². The van der Waals surface area contributed by atoms with Crippen LogP contribution in [0.1, 0.15) is 26.2 Å². The summed E-state index contributed by atoms with van der Waals surface area (Å²) in [6, 6.07) is 0.221.